The van der Waals surface area contributed by atoms with Gasteiger partial charge >= 0.3 is 0 Å². The van der Waals surface area contributed by atoms with Crippen LogP contribution in [0.15, 0.2) is 51.6 Å². The van der Waals surface area contributed by atoms with E-state index in [0.29, 0.717) is 28.8 Å². The fourth-order valence-electron chi connectivity index (χ4n) is 2.33. The highest BCUT2D eigenvalue weighted by molar-refractivity contribution is 5.93. The summed E-state index contributed by atoms with van der Waals surface area (Å²) in [5.41, 5.74) is 0.153. The summed E-state index contributed by atoms with van der Waals surface area (Å²) in [6, 6.07) is 10.2. The van der Waals surface area contributed by atoms with Crippen LogP contribution >= 0.6 is 0 Å². The molecule has 3 aromatic rings. The summed E-state index contributed by atoms with van der Waals surface area (Å²) >= 11 is 0. The molecule has 3 heterocycles. The molecule has 0 spiro atoms. The van der Waals surface area contributed by atoms with Gasteiger partial charge in [-0.25, -0.2) is 0 Å². The second kappa shape index (κ2) is 7.58. The third-order valence-corrected chi connectivity index (χ3v) is 3.62. The Morgan fingerprint density at radius 3 is 2.96 bits per heavy atom. The second-order valence-electron chi connectivity index (χ2n) is 5.39. The van der Waals surface area contributed by atoms with Crippen LogP contribution in [0.4, 0.5) is 0 Å². The molecule has 0 bridgehead atoms. The Labute approximate surface area is 154 Å². The molecule has 8 nitrogen and oxygen atoms in total. The number of amides is 1. The zero-order chi connectivity index (χ0) is 18.5. The normalized spacial score (nSPS) is 11.6. The van der Waals surface area contributed by atoms with E-state index in [4.69, 9.17) is 23.2 Å². The lowest BCUT2D eigenvalue weighted by Crippen LogP contribution is -2.23. The lowest BCUT2D eigenvalue weighted by Gasteiger charge is -2.02. The Balaban J connectivity index is 1.23. The molecule has 0 unspecified atom stereocenters. The highest BCUT2D eigenvalue weighted by Gasteiger charge is 2.15. The number of carbonyl (C=O) groups excluding carboxylic acids is 1. The quantitative estimate of drug-likeness (QED) is 0.693. The summed E-state index contributed by atoms with van der Waals surface area (Å²) in [5, 5.41) is 6.35. The SMILES string of the molecule is O=C(NCC#CCOc1ccc2c(c1)OCO2)c1cc(-c2ccco2)on1. The van der Waals surface area contributed by atoms with Crippen LogP contribution in [0, 0.1) is 11.8 Å². The molecule has 27 heavy (non-hydrogen) atoms. The van der Waals surface area contributed by atoms with Gasteiger partial charge in [-0.3, -0.25) is 4.79 Å². The van der Waals surface area contributed by atoms with Crippen LogP contribution in [0.1, 0.15) is 10.5 Å². The van der Waals surface area contributed by atoms with Crippen LogP contribution in [0.2, 0.25) is 0 Å². The number of nitrogens with one attached hydrogen (secondary N) is 1. The standard InChI is InChI=1S/C19H14N2O6/c22-19(14-11-18(27-21-14)15-4-3-9-24-15)20-7-1-2-8-23-13-5-6-16-17(10-13)26-12-25-16/h3-6,9-11H,7-8,12H2,(H,20,22). The molecule has 1 aliphatic heterocycles. The molecule has 8 heteroatoms. The molecule has 0 fully saturated rings. The van der Waals surface area contributed by atoms with Gasteiger partial charge in [0, 0.05) is 12.1 Å². The summed E-state index contributed by atoms with van der Waals surface area (Å²) in [4.78, 5) is 12.0. The van der Waals surface area contributed by atoms with Crippen molar-refractivity contribution in [1.29, 1.82) is 0 Å². The Morgan fingerprint density at radius 1 is 1.15 bits per heavy atom. The number of hydrogen-bond donors (Lipinski definition) is 1. The molecule has 0 aliphatic carbocycles. The number of fused-ring (bicyclic) bond motifs is 1. The Morgan fingerprint density at radius 2 is 2.07 bits per heavy atom. The lowest BCUT2D eigenvalue weighted by atomic mass is 10.3. The van der Waals surface area contributed by atoms with E-state index < -0.39 is 0 Å². The molecular formula is C19H14N2O6. The van der Waals surface area contributed by atoms with Crippen molar-refractivity contribution < 1.29 is 27.9 Å². The number of benzene rings is 1. The Kier molecular flexibility index (Phi) is 4.66. The van der Waals surface area contributed by atoms with Crippen molar-refractivity contribution in [1.82, 2.24) is 10.5 Å². The van der Waals surface area contributed by atoms with Crippen molar-refractivity contribution in [2.75, 3.05) is 19.9 Å². The average molecular weight is 366 g/mol. The molecule has 0 saturated heterocycles. The maximum atomic E-state index is 12.0. The van der Waals surface area contributed by atoms with E-state index in [2.05, 4.69) is 22.3 Å². The fraction of sp³-hybridized carbons (Fsp3) is 0.158. The van der Waals surface area contributed by atoms with E-state index in [1.165, 1.54) is 12.3 Å². The highest BCUT2D eigenvalue weighted by Crippen LogP contribution is 2.34. The summed E-state index contributed by atoms with van der Waals surface area (Å²) in [7, 11) is 0. The first kappa shape index (κ1) is 16.6. The Bertz CT molecular complexity index is 997. The molecule has 1 aliphatic rings. The summed E-state index contributed by atoms with van der Waals surface area (Å²) < 4.78 is 26.3. The van der Waals surface area contributed by atoms with Crippen LogP contribution in [-0.4, -0.2) is 31.0 Å². The van der Waals surface area contributed by atoms with Crippen LogP contribution in [0.5, 0.6) is 17.2 Å². The minimum atomic E-state index is -0.387. The smallest absolute Gasteiger partial charge is 0.274 e. The van der Waals surface area contributed by atoms with Gasteiger partial charge in [0.1, 0.15) is 12.4 Å². The first-order chi connectivity index (χ1) is 13.3. The molecule has 1 amide bonds. The predicted octanol–water partition coefficient (Wildman–Crippen LogP) is 2.48. The van der Waals surface area contributed by atoms with Crippen molar-refractivity contribution in [2.45, 2.75) is 0 Å². The summed E-state index contributed by atoms with van der Waals surface area (Å²) in [6.45, 7) is 0.557. The molecule has 1 aromatic carbocycles. The first-order valence-corrected chi connectivity index (χ1v) is 8.06. The van der Waals surface area contributed by atoms with Gasteiger partial charge in [0.15, 0.2) is 23.0 Å². The van der Waals surface area contributed by atoms with E-state index in [-0.39, 0.29) is 31.5 Å². The highest BCUT2D eigenvalue weighted by atomic mass is 16.7. The first-order valence-electron chi connectivity index (χ1n) is 8.06. The van der Waals surface area contributed by atoms with Gasteiger partial charge in [0.25, 0.3) is 5.91 Å². The molecule has 0 saturated carbocycles. The summed E-state index contributed by atoms with van der Waals surface area (Å²) in [6.07, 6.45) is 1.51. The number of hydrogen-bond acceptors (Lipinski definition) is 7. The zero-order valence-electron chi connectivity index (χ0n) is 14.1. The largest absolute Gasteiger partial charge is 0.481 e. The summed E-state index contributed by atoms with van der Waals surface area (Å²) in [5.74, 6) is 8.09. The van der Waals surface area contributed by atoms with Gasteiger partial charge in [-0.15, -0.1) is 0 Å². The van der Waals surface area contributed by atoms with Crippen molar-refractivity contribution in [3.8, 4) is 40.6 Å². The zero-order valence-corrected chi connectivity index (χ0v) is 14.1. The van der Waals surface area contributed by atoms with Crippen LogP contribution in [-0.2, 0) is 0 Å². The molecule has 0 radical (unpaired) electrons. The fourth-order valence-corrected chi connectivity index (χ4v) is 2.33. The average Bonchev–Trinajstić information content (AvgIpc) is 3.44. The van der Waals surface area contributed by atoms with Crippen molar-refractivity contribution in [3.63, 3.8) is 0 Å². The van der Waals surface area contributed by atoms with Crippen molar-refractivity contribution in [3.05, 3.63) is 48.4 Å². The van der Waals surface area contributed by atoms with Gasteiger partial charge < -0.3 is 28.5 Å². The van der Waals surface area contributed by atoms with Crippen LogP contribution in [0.3, 0.4) is 0 Å². The minimum Gasteiger partial charge on any atom is -0.481 e. The third kappa shape index (κ3) is 3.88. The molecule has 2 aromatic heterocycles. The maximum absolute atomic E-state index is 12.0. The molecule has 0 atom stereocenters. The number of aromatic nitrogens is 1. The molecular weight excluding hydrogens is 352 g/mol. The van der Waals surface area contributed by atoms with Gasteiger partial charge in [-0.1, -0.05) is 17.0 Å². The monoisotopic (exact) mass is 366 g/mol. The van der Waals surface area contributed by atoms with E-state index in [9.17, 15) is 4.79 Å². The third-order valence-electron chi connectivity index (χ3n) is 3.62. The molecule has 1 N–H and O–H groups in total. The second-order valence-corrected chi connectivity index (χ2v) is 5.39. The Hall–Kier alpha value is -3.86. The van der Waals surface area contributed by atoms with Gasteiger partial charge in [0.2, 0.25) is 12.6 Å². The van der Waals surface area contributed by atoms with Gasteiger partial charge in [-0.2, -0.15) is 0 Å². The van der Waals surface area contributed by atoms with E-state index >= 15 is 0 Å². The minimum absolute atomic E-state index is 0.153. The van der Waals surface area contributed by atoms with E-state index in [0.717, 1.165) is 0 Å². The number of furan rings is 1. The van der Waals surface area contributed by atoms with Gasteiger partial charge in [0.05, 0.1) is 12.8 Å². The number of carbonyl (C=O) groups is 1. The number of rotatable bonds is 5. The van der Waals surface area contributed by atoms with Crippen LogP contribution in [0.25, 0.3) is 11.5 Å². The van der Waals surface area contributed by atoms with E-state index in [1.54, 1.807) is 30.3 Å². The molecule has 136 valence electrons. The number of nitrogens with zero attached hydrogens (tertiary/aromatic N) is 1. The lowest BCUT2D eigenvalue weighted by molar-refractivity contribution is 0.0949. The van der Waals surface area contributed by atoms with Crippen molar-refractivity contribution in [2.24, 2.45) is 0 Å². The topological polar surface area (TPSA) is 96.0 Å². The van der Waals surface area contributed by atoms with Crippen molar-refractivity contribution >= 4 is 5.91 Å². The van der Waals surface area contributed by atoms with Gasteiger partial charge in [-0.05, 0) is 24.3 Å². The maximum Gasteiger partial charge on any atom is 0.274 e. The van der Waals surface area contributed by atoms with Crippen LogP contribution < -0.4 is 19.5 Å². The predicted molar refractivity (Wildman–Crippen MR) is 92.4 cm³/mol. The van der Waals surface area contributed by atoms with E-state index in [1.807, 2.05) is 0 Å². The molecule has 4 rings (SSSR count). The number of ether oxygens (including phenoxy) is 3.